The quantitative estimate of drug-likeness (QED) is 0.0360. The molecule has 1 aromatic carbocycles. The van der Waals surface area contributed by atoms with Crippen molar-refractivity contribution in [2.45, 2.75) is 265 Å². The lowest BCUT2D eigenvalue weighted by Crippen LogP contribution is -2.57. The number of nitrogens with one attached hydrogen (secondary N) is 5. The van der Waals surface area contributed by atoms with Crippen molar-refractivity contribution in [1.29, 1.82) is 0 Å². The predicted molar refractivity (Wildman–Crippen MR) is 363 cm³/mol. The van der Waals surface area contributed by atoms with E-state index in [1.807, 2.05) is 0 Å². The van der Waals surface area contributed by atoms with E-state index in [2.05, 4.69) is 46.7 Å². The number of alkyl carbamates (subject to hydrolysis) is 1. The van der Waals surface area contributed by atoms with Crippen molar-refractivity contribution in [2.75, 3.05) is 59.6 Å². The van der Waals surface area contributed by atoms with E-state index in [0.717, 1.165) is 56.1 Å². The Balaban J connectivity index is 0.717. The smallest absolute Gasteiger partial charge is 0.407 e. The highest BCUT2D eigenvalue weighted by atomic mass is 16.7. The fourth-order valence-corrected chi connectivity index (χ4v) is 15.0. The second-order valence-electron chi connectivity index (χ2n) is 28.3. The lowest BCUT2D eigenvalue weighted by molar-refractivity contribution is -0.252. The van der Waals surface area contributed by atoms with Crippen LogP contribution in [0.15, 0.2) is 48.6 Å². The molecule has 10 saturated heterocycles. The Kier molecular flexibility index (Phi) is 29.9. The van der Waals surface area contributed by atoms with Gasteiger partial charge in [0.25, 0.3) is 11.8 Å². The lowest BCUT2D eigenvalue weighted by atomic mass is 9.81. The SMILES string of the molecule is C=C1C[C@@H]2CC[C@@H]3C[C@@H](OC)[C@H](O3)C3C[C@@H](OC)[C@H]4O[C@H](CC[C@@H]4O3)CC(=O)C[C@@H]3[C@@H](OC)[C@@H](C[C@H](O)CNC(=O)OCc4ccc(NC(=O)[C@H](CC(N)=O)NC(=O)[C@H](C)NC(=O)[C@H](C)NC(=O)CCOCCOCCC(=O)ON5C(=O)CCC5=O)cc4)O[C@H]3C[C@H]3O[C@@H](CC[C@@H]1O2)C[C@@H](C)C3=C. The van der Waals surface area contributed by atoms with Crippen molar-refractivity contribution in [3.05, 3.63) is 54.1 Å². The van der Waals surface area contributed by atoms with Crippen molar-refractivity contribution in [2.24, 2.45) is 17.6 Å². The van der Waals surface area contributed by atoms with E-state index < -0.39 is 108 Å². The van der Waals surface area contributed by atoms with Crippen LogP contribution in [0.3, 0.4) is 0 Å². The van der Waals surface area contributed by atoms with Crippen LogP contribution in [0.5, 0.6) is 0 Å². The van der Waals surface area contributed by atoms with Gasteiger partial charge in [-0.25, -0.2) is 9.59 Å². The highest BCUT2D eigenvalue weighted by molar-refractivity contribution is 6.02. The largest absolute Gasteiger partial charge is 0.445 e. The third-order valence-corrected chi connectivity index (χ3v) is 20.6. The zero-order valence-corrected chi connectivity index (χ0v) is 59.9. The molecule has 0 aromatic heterocycles. The van der Waals surface area contributed by atoms with Gasteiger partial charge in [0.1, 0.15) is 42.7 Å². The molecular weight excluding hydrogens is 1350 g/mol. The van der Waals surface area contributed by atoms with Gasteiger partial charge < -0.3 is 99.1 Å². The number of carbonyl (C=O) groups excluding carboxylic acids is 10. The van der Waals surface area contributed by atoms with Crippen LogP contribution in [-0.2, 0) is 111 Å². The summed E-state index contributed by atoms with van der Waals surface area (Å²) in [6.07, 6.45) is 0.757. The molecule has 10 aliphatic heterocycles. The van der Waals surface area contributed by atoms with Crippen LogP contribution in [0.4, 0.5) is 10.5 Å². The number of carbonyl (C=O) groups is 10. The molecule has 21 atom stereocenters. The monoisotopic (exact) mass is 1450 g/mol. The molecule has 0 aliphatic carbocycles. The molecule has 10 bridgehead atoms. The number of rotatable bonds is 28. The Labute approximate surface area is 600 Å². The number of ether oxygens (including phenoxy) is 12. The van der Waals surface area contributed by atoms with Gasteiger partial charge in [-0.3, -0.25) is 38.4 Å². The number of hydrogen-bond donors (Lipinski definition) is 7. The fourth-order valence-electron chi connectivity index (χ4n) is 15.0. The summed E-state index contributed by atoms with van der Waals surface area (Å²) in [6, 6.07) is 2.33. The van der Waals surface area contributed by atoms with Gasteiger partial charge in [0.05, 0.1) is 125 Å². The van der Waals surface area contributed by atoms with E-state index in [0.29, 0.717) is 36.3 Å². The number of fused-ring (bicyclic) bond motifs is 2. The number of ketones is 1. The number of hydroxylamine groups is 2. The molecular formula is C72H105N7O24. The van der Waals surface area contributed by atoms with Crippen molar-refractivity contribution in [1.82, 2.24) is 26.3 Å². The molecule has 8 N–H and O–H groups in total. The van der Waals surface area contributed by atoms with E-state index in [-0.39, 0.29) is 175 Å². The summed E-state index contributed by atoms with van der Waals surface area (Å²) in [5, 5.41) is 24.6. The topological polar surface area (TPSA) is 400 Å². The number of primary amides is 1. The maximum absolute atomic E-state index is 14.5. The summed E-state index contributed by atoms with van der Waals surface area (Å²) in [5.41, 5.74) is 8.23. The van der Waals surface area contributed by atoms with E-state index in [1.54, 1.807) is 33.5 Å². The Morgan fingerprint density at radius 2 is 1.27 bits per heavy atom. The van der Waals surface area contributed by atoms with E-state index in [1.165, 1.54) is 26.0 Å². The van der Waals surface area contributed by atoms with Gasteiger partial charge in [0.15, 0.2) is 0 Å². The fraction of sp³-hybridized carbons (Fsp3) is 0.722. The molecule has 11 rings (SSSR count). The van der Waals surface area contributed by atoms with Gasteiger partial charge >= 0.3 is 12.1 Å². The summed E-state index contributed by atoms with van der Waals surface area (Å²) in [4.78, 5) is 132. The van der Waals surface area contributed by atoms with Crippen LogP contribution in [0, 0.1) is 11.8 Å². The van der Waals surface area contributed by atoms with Crippen LogP contribution in [0.1, 0.15) is 148 Å². The summed E-state index contributed by atoms with van der Waals surface area (Å²) in [7, 11) is 4.97. The van der Waals surface area contributed by atoms with Crippen LogP contribution in [0.2, 0.25) is 0 Å². The maximum atomic E-state index is 14.5. The van der Waals surface area contributed by atoms with Crippen LogP contribution >= 0.6 is 0 Å². The molecule has 8 amide bonds. The Hall–Kier alpha value is -6.88. The van der Waals surface area contributed by atoms with Crippen molar-refractivity contribution in [3.63, 3.8) is 0 Å². The number of amides is 8. The zero-order chi connectivity index (χ0) is 74.0. The minimum atomic E-state index is -1.47. The molecule has 0 radical (unpaired) electrons. The van der Waals surface area contributed by atoms with Crippen molar-refractivity contribution < 1.29 is 115 Å². The number of Topliss-reactive ketones (excluding diaryl/α,β-unsaturated/α-hetero) is 1. The number of benzene rings is 1. The summed E-state index contributed by atoms with van der Waals surface area (Å²) < 4.78 is 75.1. The molecule has 10 heterocycles. The van der Waals surface area contributed by atoms with Crippen LogP contribution in [0.25, 0.3) is 0 Å². The summed E-state index contributed by atoms with van der Waals surface area (Å²) in [6.45, 7) is 13.4. The molecule has 0 spiro atoms. The first kappa shape index (κ1) is 80.2. The average Bonchev–Trinajstić information content (AvgIpc) is 1.78. The first-order valence-corrected chi connectivity index (χ1v) is 36.1. The Morgan fingerprint density at radius 1 is 0.650 bits per heavy atom. The average molecular weight is 1450 g/mol. The van der Waals surface area contributed by atoms with Crippen molar-refractivity contribution in [3.8, 4) is 0 Å². The van der Waals surface area contributed by atoms with Gasteiger partial charge in [-0.1, -0.05) is 32.2 Å². The molecule has 31 heteroatoms. The van der Waals surface area contributed by atoms with Gasteiger partial charge in [-0.05, 0) is 100.0 Å². The molecule has 0 saturated carbocycles. The molecule has 103 heavy (non-hydrogen) atoms. The molecule has 10 fully saturated rings. The molecule has 572 valence electrons. The highest BCUT2D eigenvalue weighted by Crippen LogP contribution is 2.44. The summed E-state index contributed by atoms with van der Waals surface area (Å²) >= 11 is 0. The normalized spacial score (nSPS) is 31.5. The number of nitrogens with zero attached hydrogens (tertiary/aromatic N) is 1. The number of aliphatic hydroxyl groups excluding tert-OH is 1. The number of hydrogen-bond acceptors (Lipinski definition) is 24. The minimum Gasteiger partial charge on any atom is -0.445 e. The molecule has 1 aromatic rings. The predicted octanol–water partition coefficient (Wildman–Crippen LogP) is 3.06. The van der Waals surface area contributed by atoms with Crippen molar-refractivity contribution >= 4 is 64.9 Å². The molecule has 10 aliphatic rings. The first-order valence-electron chi connectivity index (χ1n) is 36.1. The third-order valence-electron chi connectivity index (χ3n) is 20.6. The van der Waals surface area contributed by atoms with Crippen LogP contribution in [-0.4, -0.2) is 239 Å². The highest BCUT2D eigenvalue weighted by Gasteiger charge is 2.52. The molecule has 31 nitrogen and oxygen atoms in total. The van der Waals surface area contributed by atoms with Gasteiger partial charge in [-0.2, -0.15) is 0 Å². The zero-order valence-electron chi connectivity index (χ0n) is 59.9. The summed E-state index contributed by atoms with van der Waals surface area (Å²) in [5.74, 6) is -6.16. The lowest BCUT2D eigenvalue weighted by Gasteiger charge is -2.47. The standard InChI is InChI=1S/C72H105N7O24/c1-38-27-48-15-17-53-39(2)28-47(97-53)13-14-50-32-57(91-6)68(100-50)60-35-58(92-7)67-54(101-60)18-16-49(99-67)29-45(80)30-51-56(34-55(98-48)40(38)3)102-59(66(51)93-8)31-46(81)36-74-72(90)96-37-43-9-11-44(12-10-43)77-71(89)52(33-61(73)82)78-70(88)42(5)76-69(87)41(4)75-62(83)21-23-94-25-26-95-24-22-65(86)103-79-63(84)19-20-64(79)85/h9-12,38,41-42,46-60,66-68,81H,2-3,13-37H2,1,4-8H3,(H2,73,82)(H,74,90)(H,75,83)(H,76,87)(H,77,89)(H,78,88)/t38-,41+,42+,46+,47+,48+,49-,50-,51+,52+,53+,54+,55-,56+,57-,58-,59-,60?,66-,67+,68+/m1/s1. The number of methoxy groups -OCH3 is 3. The third kappa shape index (κ3) is 22.8. The van der Waals surface area contributed by atoms with E-state index in [9.17, 15) is 53.1 Å². The number of anilines is 1. The number of nitrogens with two attached hydrogens (primary N) is 1. The minimum absolute atomic E-state index is 0.00438. The maximum Gasteiger partial charge on any atom is 0.407 e. The molecule has 1 unspecified atom stereocenters. The number of imide groups is 1. The Bertz CT molecular complexity index is 3120. The first-order chi connectivity index (χ1) is 49.3. The Morgan fingerprint density at radius 3 is 1.98 bits per heavy atom. The second-order valence-corrected chi connectivity index (χ2v) is 28.3. The van der Waals surface area contributed by atoms with Gasteiger partial charge in [0.2, 0.25) is 29.5 Å². The van der Waals surface area contributed by atoms with E-state index in [4.69, 9.17) is 67.4 Å². The van der Waals surface area contributed by atoms with Crippen LogP contribution < -0.4 is 32.3 Å². The van der Waals surface area contributed by atoms with E-state index >= 15 is 0 Å². The van der Waals surface area contributed by atoms with Gasteiger partial charge in [0, 0.05) is 97.3 Å². The number of aliphatic hydroxyl groups is 1. The second kappa shape index (κ2) is 38.4. The van der Waals surface area contributed by atoms with Gasteiger partial charge in [-0.15, -0.1) is 5.06 Å².